The standard InChI is InChI=1S/C29H43NO4/c1-2-3-7-14-22(31)17-18-24-23(27(32)20-28(24)33)15-10-4-5-11-16-29(34)30-26-19-25(26)21-12-8-6-9-13-21/h4,6,8-10,12-13,17-18,22-28,31-33H,2-3,5,7,11,14-16,19-20H2,1H3,(H,30,34)/t22-,23+,24+,25?,26?,27-,28+/m0/s1. The van der Waals surface area contributed by atoms with Gasteiger partial charge in [0.25, 0.3) is 0 Å². The number of amides is 1. The first-order valence-electron chi connectivity index (χ1n) is 13.2. The molecule has 5 heteroatoms. The van der Waals surface area contributed by atoms with Crippen LogP contribution in [0.4, 0.5) is 0 Å². The summed E-state index contributed by atoms with van der Waals surface area (Å²) in [5.41, 5.74) is 1.30. The van der Waals surface area contributed by atoms with Crippen molar-refractivity contribution < 1.29 is 20.1 Å². The summed E-state index contributed by atoms with van der Waals surface area (Å²) >= 11 is 0. The molecule has 0 aromatic heterocycles. The Labute approximate surface area is 205 Å². The number of rotatable bonds is 14. The summed E-state index contributed by atoms with van der Waals surface area (Å²) in [4.78, 5) is 12.2. The molecular formula is C29H43NO4. The minimum Gasteiger partial charge on any atom is -0.393 e. The lowest BCUT2D eigenvalue weighted by Crippen LogP contribution is -2.26. The van der Waals surface area contributed by atoms with Crippen LogP contribution in [0.15, 0.2) is 54.6 Å². The third-order valence-electron chi connectivity index (χ3n) is 7.29. The molecule has 1 aromatic rings. The highest BCUT2D eigenvalue weighted by Gasteiger charge is 2.40. The van der Waals surface area contributed by atoms with Crippen molar-refractivity contribution >= 4 is 5.91 Å². The molecule has 5 nitrogen and oxygen atoms in total. The molecule has 188 valence electrons. The number of benzene rings is 1. The van der Waals surface area contributed by atoms with Gasteiger partial charge in [0, 0.05) is 30.7 Å². The van der Waals surface area contributed by atoms with Gasteiger partial charge in [0.05, 0.1) is 18.3 Å². The highest BCUT2D eigenvalue weighted by molar-refractivity contribution is 5.76. The number of aliphatic hydroxyl groups is 3. The maximum atomic E-state index is 12.2. The van der Waals surface area contributed by atoms with E-state index in [2.05, 4.69) is 36.5 Å². The second-order valence-corrected chi connectivity index (χ2v) is 10.1. The Morgan fingerprint density at radius 2 is 1.88 bits per heavy atom. The zero-order chi connectivity index (χ0) is 24.3. The van der Waals surface area contributed by atoms with E-state index in [-0.39, 0.29) is 23.8 Å². The van der Waals surface area contributed by atoms with Crippen LogP contribution in [0.2, 0.25) is 0 Å². The molecule has 0 radical (unpaired) electrons. The fourth-order valence-electron chi connectivity index (χ4n) is 5.12. The number of unbranched alkanes of at least 4 members (excludes halogenated alkanes) is 3. The Kier molecular flexibility index (Phi) is 10.8. The number of aliphatic hydroxyl groups excluding tert-OH is 3. The Morgan fingerprint density at radius 3 is 2.65 bits per heavy atom. The van der Waals surface area contributed by atoms with Crippen LogP contribution in [-0.4, -0.2) is 45.6 Å². The Bertz CT molecular complexity index is 793. The molecule has 2 aliphatic carbocycles. The van der Waals surface area contributed by atoms with E-state index in [1.807, 2.05) is 24.3 Å². The molecule has 7 atom stereocenters. The highest BCUT2D eigenvalue weighted by Crippen LogP contribution is 2.40. The van der Waals surface area contributed by atoms with Crippen molar-refractivity contribution in [2.24, 2.45) is 11.8 Å². The second-order valence-electron chi connectivity index (χ2n) is 10.1. The SMILES string of the molecule is CCCCC[C@H](O)C=C[C@@H]1[C@@H](CC=CCCCC(=O)NC2CC2c2ccccc2)[C@@H](O)C[C@H]1O. The molecule has 0 heterocycles. The van der Waals surface area contributed by atoms with Crippen LogP contribution in [0.1, 0.15) is 82.6 Å². The number of allylic oxidation sites excluding steroid dienone is 2. The highest BCUT2D eigenvalue weighted by atomic mass is 16.3. The van der Waals surface area contributed by atoms with E-state index in [0.717, 1.165) is 44.9 Å². The van der Waals surface area contributed by atoms with E-state index >= 15 is 0 Å². The fourth-order valence-corrected chi connectivity index (χ4v) is 5.12. The van der Waals surface area contributed by atoms with Gasteiger partial charge in [-0.1, -0.05) is 80.8 Å². The molecule has 2 unspecified atom stereocenters. The van der Waals surface area contributed by atoms with Crippen molar-refractivity contribution in [1.29, 1.82) is 0 Å². The summed E-state index contributed by atoms with van der Waals surface area (Å²) in [6.07, 6.45) is 14.4. The van der Waals surface area contributed by atoms with Crippen LogP contribution in [0.5, 0.6) is 0 Å². The van der Waals surface area contributed by atoms with Crippen molar-refractivity contribution in [3.05, 3.63) is 60.2 Å². The smallest absolute Gasteiger partial charge is 0.220 e. The van der Waals surface area contributed by atoms with E-state index in [9.17, 15) is 20.1 Å². The van der Waals surface area contributed by atoms with Crippen LogP contribution >= 0.6 is 0 Å². The van der Waals surface area contributed by atoms with Gasteiger partial charge in [-0.25, -0.2) is 0 Å². The molecule has 0 bridgehead atoms. The number of carbonyl (C=O) groups is 1. The molecule has 2 fully saturated rings. The van der Waals surface area contributed by atoms with Crippen LogP contribution < -0.4 is 5.32 Å². The zero-order valence-electron chi connectivity index (χ0n) is 20.6. The summed E-state index contributed by atoms with van der Waals surface area (Å²) in [5.74, 6) is 0.396. The topological polar surface area (TPSA) is 89.8 Å². The summed E-state index contributed by atoms with van der Waals surface area (Å²) in [5, 5.41) is 34.0. The van der Waals surface area contributed by atoms with Crippen LogP contribution in [0.25, 0.3) is 0 Å². The summed E-state index contributed by atoms with van der Waals surface area (Å²) < 4.78 is 0. The third-order valence-corrected chi connectivity index (χ3v) is 7.29. The molecule has 2 saturated carbocycles. The number of nitrogens with one attached hydrogen (secondary N) is 1. The van der Waals surface area contributed by atoms with Gasteiger partial charge in [0.1, 0.15) is 0 Å². The van der Waals surface area contributed by atoms with E-state index in [0.29, 0.717) is 25.2 Å². The van der Waals surface area contributed by atoms with Gasteiger partial charge in [-0.15, -0.1) is 0 Å². The molecule has 34 heavy (non-hydrogen) atoms. The third kappa shape index (κ3) is 8.37. The molecular weight excluding hydrogens is 426 g/mol. The first kappa shape index (κ1) is 26.7. The molecule has 4 N–H and O–H groups in total. The zero-order valence-corrected chi connectivity index (χ0v) is 20.6. The molecule has 3 rings (SSSR count). The maximum absolute atomic E-state index is 12.2. The van der Waals surface area contributed by atoms with Crippen LogP contribution in [0.3, 0.4) is 0 Å². The van der Waals surface area contributed by atoms with Gasteiger partial charge in [-0.05, 0) is 43.6 Å². The van der Waals surface area contributed by atoms with Crippen molar-refractivity contribution in [3.8, 4) is 0 Å². The average molecular weight is 470 g/mol. The summed E-state index contributed by atoms with van der Waals surface area (Å²) in [6.45, 7) is 2.14. The van der Waals surface area contributed by atoms with Crippen LogP contribution in [-0.2, 0) is 4.79 Å². The molecule has 2 aliphatic rings. The van der Waals surface area contributed by atoms with Crippen molar-refractivity contribution in [3.63, 3.8) is 0 Å². The van der Waals surface area contributed by atoms with E-state index in [1.54, 1.807) is 6.08 Å². The second kappa shape index (κ2) is 13.8. The minimum atomic E-state index is -0.571. The van der Waals surface area contributed by atoms with Gasteiger partial charge in [-0.2, -0.15) is 0 Å². The number of hydrogen-bond donors (Lipinski definition) is 4. The Morgan fingerprint density at radius 1 is 1.09 bits per heavy atom. The molecule has 0 spiro atoms. The average Bonchev–Trinajstić information content (AvgIpc) is 3.53. The molecule has 0 saturated heterocycles. The largest absolute Gasteiger partial charge is 0.393 e. The van der Waals surface area contributed by atoms with Gasteiger partial charge in [0.15, 0.2) is 0 Å². The predicted octanol–water partition coefficient (Wildman–Crippen LogP) is 4.63. The Balaban J connectivity index is 1.33. The molecule has 0 aliphatic heterocycles. The van der Waals surface area contributed by atoms with Gasteiger partial charge < -0.3 is 20.6 Å². The summed E-state index contributed by atoms with van der Waals surface area (Å²) in [7, 11) is 0. The molecule has 1 amide bonds. The van der Waals surface area contributed by atoms with Crippen molar-refractivity contribution in [2.75, 3.05) is 0 Å². The summed E-state index contributed by atoms with van der Waals surface area (Å²) in [6, 6.07) is 10.6. The van der Waals surface area contributed by atoms with Gasteiger partial charge in [-0.3, -0.25) is 4.79 Å². The van der Waals surface area contributed by atoms with Crippen molar-refractivity contribution in [2.45, 2.75) is 101 Å². The van der Waals surface area contributed by atoms with Crippen LogP contribution in [0, 0.1) is 11.8 Å². The quantitative estimate of drug-likeness (QED) is 0.236. The normalized spacial score (nSPS) is 29.6. The van der Waals surface area contributed by atoms with Gasteiger partial charge in [0.2, 0.25) is 5.91 Å². The minimum absolute atomic E-state index is 0.0431. The molecule has 1 aromatic carbocycles. The first-order chi connectivity index (χ1) is 16.5. The van der Waals surface area contributed by atoms with E-state index in [4.69, 9.17) is 0 Å². The van der Waals surface area contributed by atoms with E-state index in [1.165, 1.54) is 5.56 Å². The van der Waals surface area contributed by atoms with Crippen molar-refractivity contribution in [1.82, 2.24) is 5.32 Å². The lowest BCUT2D eigenvalue weighted by molar-refractivity contribution is -0.121. The van der Waals surface area contributed by atoms with E-state index < -0.39 is 18.3 Å². The Hall–Kier alpha value is -1.95. The fraction of sp³-hybridized carbons (Fsp3) is 0.621. The maximum Gasteiger partial charge on any atom is 0.220 e. The monoisotopic (exact) mass is 469 g/mol. The first-order valence-corrected chi connectivity index (χ1v) is 13.2. The lowest BCUT2D eigenvalue weighted by atomic mass is 9.89. The predicted molar refractivity (Wildman–Crippen MR) is 136 cm³/mol. The lowest BCUT2D eigenvalue weighted by Gasteiger charge is -2.19. The number of hydrogen-bond acceptors (Lipinski definition) is 4. The number of carbonyl (C=O) groups excluding carboxylic acids is 1. The van der Waals surface area contributed by atoms with Gasteiger partial charge >= 0.3 is 0 Å².